The summed E-state index contributed by atoms with van der Waals surface area (Å²) in [6.07, 6.45) is 1.89. The Balaban J connectivity index is 1.45. The van der Waals surface area contributed by atoms with E-state index in [2.05, 4.69) is 10.1 Å². The lowest BCUT2D eigenvalue weighted by Crippen LogP contribution is -2.41. The van der Waals surface area contributed by atoms with Crippen LogP contribution in [-0.4, -0.2) is 66.8 Å². The number of carbonyl (C=O) groups excluding carboxylic acids is 3. The minimum Gasteiger partial charge on any atom is -0.342 e. The van der Waals surface area contributed by atoms with Crippen molar-refractivity contribution in [2.24, 2.45) is 0 Å². The number of piperidine rings is 1. The van der Waals surface area contributed by atoms with E-state index < -0.39 is 0 Å². The standard InChI is InChI=1S/C19H23N5O4S/c1-11-12(2)20-15-8-14(21-24(15)18(11)27)13-4-3-6-22(9-13)16(25)5-7-23-17(26)10-29-19(23)28/h8,13,21H,3-7,9-10H2,1-2H3/t13-/m1/s1. The minimum absolute atomic E-state index is 0.0645. The third kappa shape index (κ3) is 3.68. The van der Waals surface area contributed by atoms with Crippen LogP contribution in [0.2, 0.25) is 0 Å². The van der Waals surface area contributed by atoms with Gasteiger partial charge in [-0.25, -0.2) is 9.50 Å². The van der Waals surface area contributed by atoms with Crippen LogP contribution in [0.3, 0.4) is 0 Å². The van der Waals surface area contributed by atoms with Crippen LogP contribution in [0.4, 0.5) is 4.79 Å². The smallest absolute Gasteiger partial charge is 0.288 e. The molecule has 2 aromatic rings. The first-order chi connectivity index (χ1) is 13.8. The van der Waals surface area contributed by atoms with Crippen LogP contribution in [0.1, 0.15) is 42.1 Å². The molecule has 10 heteroatoms. The Morgan fingerprint density at radius 3 is 2.83 bits per heavy atom. The highest BCUT2D eigenvalue weighted by atomic mass is 32.2. The van der Waals surface area contributed by atoms with Crippen LogP contribution in [0.25, 0.3) is 5.65 Å². The molecule has 2 aromatic heterocycles. The summed E-state index contributed by atoms with van der Waals surface area (Å²) in [6, 6.07) is 1.88. The highest BCUT2D eigenvalue weighted by Crippen LogP contribution is 2.27. The molecule has 0 aromatic carbocycles. The third-order valence-electron chi connectivity index (χ3n) is 5.71. The van der Waals surface area contributed by atoms with Crippen LogP contribution in [0.15, 0.2) is 10.9 Å². The van der Waals surface area contributed by atoms with Gasteiger partial charge in [0.1, 0.15) is 0 Å². The van der Waals surface area contributed by atoms with Crippen LogP contribution < -0.4 is 5.56 Å². The molecule has 1 N–H and O–H groups in total. The number of thioether (sulfide) groups is 1. The normalized spacial score (nSPS) is 20.1. The number of aromatic amines is 1. The van der Waals surface area contributed by atoms with Crippen molar-refractivity contribution >= 4 is 34.5 Å². The van der Waals surface area contributed by atoms with Crippen molar-refractivity contribution in [2.45, 2.75) is 39.0 Å². The van der Waals surface area contributed by atoms with Crippen LogP contribution in [-0.2, 0) is 9.59 Å². The second kappa shape index (κ2) is 7.66. The average Bonchev–Trinajstić information content (AvgIpc) is 3.28. The lowest BCUT2D eigenvalue weighted by atomic mass is 9.94. The molecular formula is C19H23N5O4S. The molecule has 0 saturated carbocycles. The summed E-state index contributed by atoms with van der Waals surface area (Å²) < 4.78 is 1.46. The minimum atomic E-state index is -0.277. The topological polar surface area (TPSA) is 108 Å². The van der Waals surface area contributed by atoms with Gasteiger partial charge in [-0.05, 0) is 26.7 Å². The fourth-order valence-electron chi connectivity index (χ4n) is 3.87. The number of hydrogen-bond acceptors (Lipinski definition) is 6. The van der Waals surface area contributed by atoms with Crippen LogP contribution in [0.5, 0.6) is 0 Å². The summed E-state index contributed by atoms with van der Waals surface area (Å²) in [5.41, 5.74) is 2.68. The summed E-state index contributed by atoms with van der Waals surface area (Å²) in [6.45, 7) is 4.90. The second-order valence-electron chi connectivity index (χ2n) is 7.56. The van der Waals surface area contributed by atoms with Crippen molar-refractivity contribution in [3.63, 3.8) is 0 Å². The summed E-state index contributed by atoms with van der Waals surface area (Å²) >= 11 is 0.978. The number of H-pyrrole nitrogens is 1. The molecule has 2 aliphatic heterocycles. The molecule has 4 rings (SSSR count). The van der Waals surface area contributed by atoms with Gasteiger partial charge in [0, 0.05) is 55.0 Å². The van der Waals surface area contributed by atoms with E-state index in [0.717, 1.165) is 35.2 Å². The number of nitrogens with zero attached hydrogens (tertiary/aromatic N) is 4. The second-order valence-corrected chi connectivity index (χ2v) is 8.49. The molecule has 2 fully saturated rings. The third-order valence-corrected chi connectivity index (χ3v) is 6.57. The van der Waals surface area contributed by atoms with Crippen molar-refractivity contribution in [2.75, 3.05) is 25.4 Å². The number of aryl methyl sites for hydroxylation is 1. The number of carbonyl (C=O) groups is 3. The van der Waals surface area contributed by atoms with Gasteiger partial charge in [0.05, 0.1) is 5.75 Å². The molecule has 3 amide bonds. The van der Waals surface area contributed by atoms with Gasteiger partial charge in [-0.3, -0.25) is 29.2 Å². The van der Waals surface area contributed by atoms with Crippen molar-refractivity contribution < 1.29 is 14.4 Å². The maximum absolute atomic E-state index is 12.7. The van der Waals surface area contributed by atoms with Gasteiger partial charge in [0.2, 0.25) is 11.8 Å². The Morgan fingerprint density at radius 1 is 1.31 bits per heavy atom. The Morgan fingerprint density at radius 2 is 2.10 bits per heavy atom. The quantitative estimate of drug-likeness (QED) is 0.806. The van der Waals surface area contributed by atoms with Crippen LogP contribution >= 0.6 is 11.8 Å². The van der Waals surface area contributed by atoms with Gasteiger partial charge in [-0.2, -0.15) is 0 Å². The summed E-state index contributed by atoms with van der Waals surface area (Å²) in [5, 5.41) is 2.88. The molecule has 2 saturated heterocycles. The molecular weight excluding hydrogens is 394 g/mol. The highest BCUT2D eigenvalue weighted by molar-refractivity contribution is 8.14. The largest absolute Gasteiger partial charge is 0.342 e. The van der Waals surface area contributed by atoms with E-state index in [9.17, 15) is 19.2 Å². The van der Waals surface area contributed by atoms with Crippen molar-refractivity contribution in [3.05, 3.63) is 33.4 Å². The molecule has 9 nitrogen and oxygen atoms in total. The zero-order chi connectivity index (χ0) is 20.7. The number of fused-ring (bicyclic) bond motifs is 1. The number of amides is 3. The van der Waals surface area contributed by atoms with E-state index in [1.807, 2.05) is 13.0 Å². The first-order valence-corrected chi connectivity index (χ1v) is 10.7. The van der Waals surface area contributed by atoms with Crippen molar-refractivity contribution in [3.8, 4) is 0 Å². The van der Waals surface area contributed by atoms with E-state index in [1.165, 1.54) is 4.52 Å². The zero-order valence-electron chi connectivity index (χ0n) is 16.4. The molecule has 1 atom stereocenters. The van der Waals surface area contributed by atoms with Gasteiger partial charge in [-0.15, -0.1) is 0 Å². The number of imide groups is 1. The maximum Gasteiger partial charge on any atom is 0.288 e. The molecule has 0 aliphatic carbocycles. The van der Waals surface area contributed by atoms with E-state index in [-0.39, 0.29) is 47.2 Å². The Hall–Kier alpha value is -2.62. The van der Waals surface area contributed by atoms with Gasteiger partial charge < -0.3 is 4.90 Å². The fraction of sp³-hybridized carbons (Fsp3) is 0.526. The molecule has 154 valence electrons. The molecule has 0 unspecified atom stereocenters. The Labute approximate surface area is 171 Å². The lowest BCUT2D eigenvalue weighted by Gasteiger charge is -2.32. The van der Waals surface area contributed by atoms with Crippen molar-refractivity contribution in [1.29, 1.82) is 0 Å². The molecule has 4 heterocycles. The number of nitrogens with one attached hydrogen (secondary N) is 1. The van der Waals surface area contributed by atoms with E-state index in [1.54, 1.807) is 11.8 Å². The zero-order valence-corrected chi connectivity index (χ0v) is 17.3. The molecule has 0 radical (unpaired) electrons. The highest BCUT2D eigenvalue weighted by Gasteiger charge is 2.31. The molecule has 0 bridgehead atoms. The first kappa shape index (κ1) is 19.7. The first-order valence-electron chi connectivity index (χ1n) is 9.69. The summed E-state index contributed by atoms with van der Waals surface area (Å²) in [7, 11) is 0. The van der Waals surface area contributed by atoms with Gasteiger partial charge in [0.15, 0.2) is 5.65 Å². The van der Waals surface area contributed by atoms with Gasteiger partial charge >= 0.3 is 0 Å². The fourth-order valence-corrected chi connectivity index (χ4v) is 4.62. The summed E-state index contributed by atoms with van der Waals surface area (Å²) in [4.78, 5) is 55.9. The Kier molecular flexibility index (Phi) is 5.20. The number of aromatic nitrogens is 3. The number of likely N-dealkylation sites (tertiary alicyclic amines) is 1. The molecule has 0 spiro atoms. The predicted molar refractivity (Wildman–Crippen MR) is 108 cm³/mol. The molecule has 2 aliphatic rings. The monoisotopic (exact) mass is 417 g/mol. The van der Waals surface area contributed by atoms with Gasteiger partial charge in [0.25, 0.3) is 10.8 Å². The maximum atomic E-state index is 12.7. The number of hydrogen-bond donors (Lipinski definition) is 1. The molecule has 29 heavy (non-hydrogen) atoms. The van der Waals surface area contributed by atoms with Crippen LogP contribution in [0, 0.1) is 13.8 Å². The van der Waals surface area contributed by atoms with E-state index in [0.29, 0.717) is 30.0 Å². The average molecular weight is 417 g/mol. The predicted octanol–water partition coefficient (Wildman–Crippen LogP) is 1.43. The van der Waals surface area contributed by atoms with E-state index >= 15 is 0 Å². The number of rotatable bonds is 4. The van der Waals surface area contributed by atoms with E-state index in [4.69, 9.17) is 0 Å². The summed E-state index contributed by atoms with van der Waals surface area (Å²) in [5.74, 6) is -0.0535. The van der Waals surface area contributed by atoms with Gasteiger partial charge in [-0.1, -0.05) is 11.8 Å². The SMILES string of the molecule is Cc1nc2cc([C@@H]3CCCN(C(=O)CCN4C(=O)CSC4=O)C3)[nH]n2c(=O)c1C. The lowest BCUT2D eigenvalue weighted by molar-refractivity contribution is -0.133. The Bertz CT molecular complexity index is 1040. The van der Waals surface area contributed by atoms with Crippen molar-refractivity contribution in [1.82, 2.24) is 24.4 Å².